The normalized spacial score (nSPS) is 19.2. The van der Waals surface area contributed by atoms with E-state index in [0.29, 0.717) is 35.5 Å². The summed E-state index contributed by atoms with van der Waals surface area (Å²) in [6.45, 7) is 9.89. The van der Waals surface area contributed by atoms with Crippen LogP contribution in [0.5, 0.6) is 0 Å². The molecule has 2 aliphatic carbocycles. The average molecular weight is 825 g/mol. The van der Waals surface area contributed by atoms with E-state index in [1.54, 1.807) is 0 Å². The van der Waals surface area contributed by atoms with Gasteiger partial charge in [0.05, 0.1) is 61.7 Å². The summed E-state index contributed by atoms with van der Waals surface area (Å²) >= 11 is 3.77. The Bertz CT molecular complexity index is 1380. The molecule has 0 radical (unpaired) electrons. The van der Waals surface area contributed by atoms with Gasteiger partial charge in [-0.05, 0) is 79.4 Å². The molecule has 2 aromatic carbocycles. The molecule has 0 amide bonds. The van der Waals surface area contributed by atoms with Gasteiger partial charge >= 0.3 is 0 Å². The number of nitrogens with zero attached hydrogens (tertiary/aromatic N) is 2. The fraction of sp³-hybridized carbons (Fsp3) is 0.611. The highest BCUT2D eigenvalue weighted by Gasteiger charge is 2.34. The Morgan fingerprint density at radius 1 is 0.612 bits per heavy atom. The van der Waals surface area contributed by atoms with Crippen LogP contribution in [0.25, 0.3) is 20.4 Å². The van der Waals surface area contributed by atoms with Crippen molar-refractivity contribution in [2.24, 2.45) is 0 Å². The largest absolute Gasteiger partial charge is 0.378 e. The van der Waals surface area contributed by atoms with Gasteiger partial charge in [-0.2, -0.15) is 0 Å². The molecule has 0 bridgehead atoms. The van der Waals surface area contributed by atoms with Crippen molar-refractivity contribution < 1.29 is 9.47 Å². The second-order valence-corrected chi connectivity index (χ2v) is 30.5. The van der Waals surface area contributed by atoms with Gasteiger partial charge in [0.2, 0.25) is 0 Å². The first-order valence-corrected chi connectivity index (χ1v) is 32.3. The van der Waals surface area contributed by atoms with E-state index in [9.17, 15) is 0 Å². The summed E-state index contributed by atoms with van der Waals surface area (Å²) < 4.78 is 16.6. The first-order valence-electron chi connectivity index (χ1n) is 18.2. The zero-order chi connectivity index (χ0) is 34.0. The topological polar surface area (TPSA) is 44.2 Å². The number of thiazole rings is 2. The van der Waals surface area contributed by atoms with Crippen molar-refractivity contribution in [1.29, 1.82) is 0 Å². The van der Waals surface area contributed by atoms with Gasteiger partial charge in [0.1, 0.15) is 10.0 Å². The lowest BCUT2D eigenvalue weighted by Gasteiger charge is -2.34. The Labute approximate surface area is 324 Å². The predicted molar refractivity (Wildman–Crippen MR) is 234 cm³/mol. The molecule has 0 aliphatic heterocycles. The van der Waals surface area contributed by atoms with Crippen LogP contribution in [0.2, 0.25) is 26.2 Å². The van der Waals surface area contributed by atoms with Crippen LogP contribution in [-0.4, -0.2) is 62.7 Å². The first-order chi connectivity index (χ1) is 24.0. The third-order valence-electron chi connectivity index (χ3n) is 9.81. The van der Waals surface area contributed by atoms with Crippen LogP contribution in [0.15, 0.2) is 48.5 Å². The number of para-hydroxylation sites is 2. The lowest BCUT2D eigenvalue weighted by Crippen LogP contribution is -2.39. The smallest absolute Gasteiger partial charge is 0.100 e. The fourth-order valence-electron chi connectivity index (χ4n) is 7.24. The van der Waals surface area contributed by atoms with Crippen LogP contribution in [0.4, 0.5) is 0 Å². The second kappa shape index (κ2) is 20.1. The zero-order valence-electron chi connectivity index (χ0n) is 29.3. The van der Waals surface area contributed by atoms with Gasteiger partial charge in [0.25, 0.3) is 0 Å². The lowest BCUT2D eigenvalue weighted by molar-refractivity contribution is -0.00321. The number of aromatic nitrogens is 2. The molecule has 0 N–H and O–H groups in total. The summed E-state index contributed by atoms with van der Waals surface area (Å²) in [4.78, 5) is 10.4. The van der Waals surface area contributed by atoms with E-state index in [4.69, 9.17) is 19.4 Å². The Morgan fingerprint density at radius 3 is 1.41 bits per heavy atom. The summed E-state index contributed by atoms with van der Waals surface area (Å²) in [5, 5.41) is 2.53. The van der Waals surface area contributed by atoms with Gasteiger partial charge in [-0.25, -0.2) is 9.97 Å². The highest BCUT2D eigenvalue weighted by Crippen LogP contribution is 2.51. The molecule has 2 aromatic heterocycles. The highest BCUT2D eigenvalue weighted by atomic mass is 33.8. The molecule has 0 spiro atoms. The van der Waals surface area contributed by atoms with Crippen molar-refractivity contribution >= 4 is 112 Å². The number of benzene rings is 2. The Kier molecular flexibility index (Phi) is 16.0. The van der Waals surface area contributed by atoms with E-state index in [0.717, 1.165) is 22.5 Å². The van der Waals surface area contributed by atoms with Crippen LogP contribution >= 0.6 is 73.7 Å². The molecule has 4 unspecified atom stereocenters. The molecule has 2 heterocycles. The van der Waals surface area contributed by atoms with Crippen LogP contribution in [0.3, 0.4) is 0 Å². The van der Waals surface area contributed by atoms with Gasteiger partial charge < -0.3 is 9.47 Å². The number of rotatable bonds is 18. The third-order valence-corrected chi connectivity index (χ3v) is 24.8. The molecule has 2 aliphatic rings. The minimum absolute atomic E-state index is 0.319. The summed E-state index contributed by atoms with van der Waals surface area (Å²) in [6, 6.07) is 17.3. The SMILES string of the molecule is C[SiH](C)C(OC1CCCCC1)C(CSSSSSCC(c1nc2ccccc2s1)C(OC1CCCCC1)[SiH](C)C)c1nc2ccccc2s1. The molecule has 49 heavy (non-hydrogen) atoms. The maximum Gasteiger partial charge on any atom is 0.100 e. The van der Waals surface area contributed by atoms with E-state index in [1.165, 1.54) is 83.6 Å². The molecular weight excluding hydrogens is 773 g/mol. The van der Waals surface area contributed by atoms with Crippen molar-refractivity contribution in [3.05, 3.63) is 58.5 Å². The molecule has 4 atom stereocenters. The second-order valence-electron chi connectivity index (χ2n) is 14.2. The standard InChI is InChI=1S/C36H52N2O2S7Si2/c1-48(2)35(39-25-15-7-5-8-16-25)27(33-37-29-19-11-13-21-31(29)43-33)23-41-45-47-46-42-24-28(34-38-30-20-12-14-22-32(30)44-34)36(49(3)4)40-26-17-9-6-10-18-26/h11-14,19-22,25-28,35-36,48-49H,5-10,15-18,23-24H2,1-4H3. The summed E-state index contributed by atoms with van der Waals surface area (Å²) in [5.41, 5.74) is 2.90. The summed E-state index contributed by atoms with van der Waals surface area (Å²) in [6.07, 6.45) is 13.7. The lowest BCUT2D eigenvalue weighted by atomic mass is 9.98. The fourth-order valence-corrected chi connectivity index (χ4v) is 23.1. The quantitative estimate of drug-likeness (QED) is 0.0554. The molecule has 4 nitrogen and oxygen atoms in total. The molecule has 4 aromatic rings. The van der Waals surface area contributed by atoms with Gasteiger partial charge in [-0.1, -0.05) is 111 Å². The van der Waals surface area contributed by atoms with Crippen LogP contribution in [0, 0.1) is 0 Å². The predicted octanol–water partition coefficient (Wildman–Crippen LogP) is 12.6. The summed E-state index contributed by atoms with van der Waals surface area (Å²) in [5.74, 6) is 2.77. The zero-order valence-corrected chi connectivity index (χ0v) is 37.3. The minimum Gasteiger partial charge on any atom is -0.378 e. The maximum atomic E-state index is 7.02. The average Bonchev–Trinajstić information content (AvgIpc) is 3.75. The third kappa shape index (κ3) is 11.2. The van der Waals surface area contributed by atoms with Crippen molar-refractivity contribution in [2.45, 2.75) is 126 Å². The highest BCUT2D eigenvalue weighted by molar-refractivity contribution is 9.35. The van der Waals surface area contributed by atoms with Gasteiger partial charge in [-0.3, -0.25) is 0 Å². The monoisotopic (exact) mass is 824 g/mol. The maximum absolute atomic E-state index is 7.02. The Hall–Kier alpha value is 0.324. The Morgan fingerprint density at radius 2 is 1.02 bits per heavy atom. The van der Waals surface area contributed by atoms with Crippen LogP contribution in [-0.2, 0) is 9.47 Å². The molecular formula is C36H52N2O2S7Si2. The number of hydrogen-bond donors (Lipinski definition) is 0. The molecule has 2 fully saturated rings. The van der Waals surface area contributed by atoms with Gasteiger partial charge in [0.15, 0.2) is 0 Å². The Balaban J connectivity index is 1.07. The van der Waals surface area contributed by atoms with Gasteiger partial charge in [-0.15, -0.1) is 22.7 Å². The van der Waals surface area contributed by atoms with E-state index in [1.807, 2.05) is 73.7 Å². The molecule has 13 heteroatoms. The number of hydrogen-bond acceptors (Lipinski definition) is 11. The summed E-state index contributed by atoms with van der Waals surface area (Å²) in [7, 11) is 7.58. The van der Waals surface area contributed by atoms with E-state index >= 15 is 0 Å². The van der Waals surface area contributed by atoms with E-state index in [2.05, 4.69) is 74.7 Å². The molecule has 2 saturated carbocycles. The van der Waals surface area contributed by atoms with Gasteiger partial charge in [0, 0.05) is 23.3 Å². The van der Waals surface area contributed by atoms with Crippen LogP contribution in [0.1, 0.15) is 86.1 Å². The molecule has 0 saturated heterocycles. The molecule has 268 valence electrons. The van der Waals surface area contributed by atoms with E-state index < -0.39 is 17.6 Å². The number of fused-ring (bicyclic) bond motifs is 2. The molecule has 6 rings (SSSR count). The van der Waals surface area contributed by atoms with Crippen molar-refractivity contribution in [1.82, 2.24) is 9.97 Å². The van der Waals surface area contributed by atoms with E-state index in [-0.39, 0.29) is 0 Å². The number of ether oxygens (including phenoxy) is 2. The van der Waals surface area contributed by atoms with Crippen molar-refractivity contribution in [3.63, 3.8) is 0 Å². The van der Waals surface area contributed by atoms with Crippen molar-refractivity contribution in [3.8, 4) is 0 Å². The minimum atomic E-state index is -1.09. The van der Waals surface area contributed by atoms with Crippen molar-refractivity contribution in [2.75, 3.05) is 11.5 Å². The van der Waals surface area contributed by atoms with Crippen LogP contribution < -0.4 is 0 Å². The first kappa shape index (κ1) is 39.0.